The number of aromatic nitrogens is 1. The largest absolute Gasteiger partial charge is 0.416 e. The number of amides is 1. The molecule has 1 amide bonds. The Hall–Kier alpha value is -3.53. The number of rotatable bonds is 8. The molecule has 4 rings (SSSR count). The van der Waals surface area contributed by atoms with Gasteiger partial charge in [-0.05, 0) is 68.1 Å². The van der Waals surface area contributed by atoms with Gasteiger partial charge in [0.15, 0.2) is 5.96 Å². The van der Waals surface area contributed by atoms with E-state index < -0.39 is 11.7 Å². The van der Waals surface area contributed by atoms with Gasteiger partial charge in [-0.15, -0.1) is 0 Å². The van der Waals surface area contributed by atoms with Crippen LogP contribution in [0.5, 0.6) is 0 Å². The molecule has 1 aliphatic heterocycles. The van der Waals surface area contributed by atoms with Crippen LogP contribution in [-0.4, -0.2) is 53.6 Å². The fourth-order valence-corrected chi connectivity index (χ4v) is 4.77. The second-order valence-corrected chi connectivity index (χ2v) is 9.62. The molecule has 2 aromatic carbocycles. The Morgan fingerprint density at radius 3 is 2.43 bits per heavy atom. The number of guanidine groups is 1. The number of halogens is 3. The number of hydrogen-bond donors (Lipinski definition) is 3. The van der Waals surface area contributed by atoms with E-state index in [4.69, 9.17) is 11.5 Å². The van der Waals surface area contributed by atoms with E-state index in [-0.39, 0.29) is 17.9 Å². The molecular weight excluding hydrogens is 481 g/mol. The lowest BCUT2D eigenvalue weighted by Crippen LogP contribution is -2.45. The fraction of sp³-hybridized carbons (Fsp3) is 0.407. The first kappa shape index (κ1) is 26.5. The number of nitrogens with zero attached hydrogens (tertiary/aromatic N) is 3. The van der Waals surface area contributed by atoms with Gasteiger partial charge < -0.3 is 26.3 Å². The Bertz CT molecular complexity index is 1250. The van der Waals surface area contributed by atoms with Gasteiger partial charge in [-0.25, -0.2) is 0 Å². The van der Waals surface area contributed by atoms with Gasteiger partial charge in [-0.2, -0.15) is 13.2 Å². The van der Waals surface area contributed by atoms with E-state index in [1.54, 1.807) is 0 Å². The molecule has 0 unspecified atom stereocenters. The van der Waals surface area contributed by atoms with Crippen LogP contribution in [0.1, 0.15) is 46.4 Å². The first-order chi connectivity index (χ1) is 17.6. The van der Waals surface area contributed by atoms with Crippen molar-refractivity contribution in [1.82, 2.24) is 14.8 Å². The van der Waals surface area contributed by atoms with Crippen LogP contribution >= 0.6 is 0 Å². The van der Waals surface area contributed by atoms with E-state index in [2.05, 4.69) is 15.2 Å². The Balaban J connectivity index is 1.45. The van der Waals surface area contributed by atoms with Gasteiger partial charge >= 0.3 is 6.18 Å². The number of nitrogens with two attached hydrogens (primary N) is 2. The highest BCUT2D eigenvalue weighted by molar-refractivity contribution is 5.99. The van der Waals surface area contributed by atoms with Crippen molar-refractivity contribution in [2.75, 3.05) is 26.2 Å². The van der Waals surface area contributed by atoms with Crippen LogP contribution in [0.3, 0.4) is 0 Å². The monoisotopic (exact) mass is 514 g/mol. The summed E-state index contributed by atoms with van der Waals surface area (Å²) >= 11 is 0. The van der Waals surface area contributed by atoms with E-state index in [9.17, 15) is 18.0 Å². The molecule has 10 heteroatoms. The number of alkyl halides is 3. The number of piperidine rings is 1. The summed E-state index contributed by atoms with van der Waals surface area (Å²) in [4.78, 5) is 19.7. The first-order valence-corrected chi connectivity index (χ1v) is 12.4. The molecule has 0 spiro atoms. The number of likely N-dealkylation sites (tertiary alicyclic amines) is 1. The maximum atomic E-state index is 13.4. The number of aryl methyl sites for hydroxylation is 1. The quantitative estimate of drug-likeness (QED) is 0.241. The Kier molecular flexibility index (Phi) is 8.06. The molecule has 2 heterocycles. The number of nitrogens with one attached hydrogen (secondary N) is 1. The summed E-state index contributed by atoms with van der Waals surface area (Å²) in [5.41, 5.74) is 13.1. The van der Waals surface area contributed by atoms with E-state index >= 15 is 0 Å². The van der Waals surface area contributed by atoms with E-state index in [0.717, 1.165) is 67.5 Å². The van der Waals surface area contributed by atoms with Crippen LogP contribution in [0.2, 0.25) is 0 Å². The molecule has 3 aromatic rings. The molecule has 0 atom stereocenters. The summed E-state index contributed by atoms with van der Waals surface area (Å²) in [7, 11) is 0. The molecule has 1 aromatic heterocycles. The molecule has 5 N–H and O–H groups in total. The standard InChI is InChI=1S/C27H33F3N6O/c1-18-3-6-20-16-24(25(37)34-22-9-13-35(14-10-22)12-2-11-33-26(31)32)36(23(20)15-18)17-19-4-7-21(8-5-19)27(28,29)30/h3-8,15-16,22H,2,9-14,17H2,1H3,(H,34,37)(H4,31,32,33). The third-order valence-electron chi connectivity index (χ3n) is 6.76. The van der Waals surface area contributed by atoms with Crippen LogP contribution < -0.4 is 16.8 Å². The van der Waals surface area contributed by atoms with E-state index in [0.29, 0.717) is 24.3 Å². The lowest BCUT2D eigenvalue weighted by molar-refractivity contribution is -0.137. The molecule has 0 bridgehead atoms. The minimum atomic E-state index is -4.39. The van der Waals surface area contributed by atoms with Crippen molar-refractivity contribution in [3.63, 3.8) is 0 Å². The maximum absolute atomic E-state index is 13.4. The van der Waals surface area contributed by atoms with Gasteiger partial charge in [0.25, 0.3) is 5.91 Å². The Morgan fingerprint density at radius 1 is 1.08 bits per heavy atom. The minimum Gasteiger partial charge on any atom is -0.370 e. The van der Waals surface area contributed by atoms with Gasteiger partial charge in [-0.3, -0.25) is 9.79 Å². The number of fused-ring (bicyclic) bond motifs is 1. The molecule has 0 aliphatic carbocycles. The molecule has 7 nitrogen and oxygen atoms in total. The van der Waals surface area contributed by atoms with Gasteiger partial charge in [-0.1, -0.05) is 24.3 Å². The second-order valence-electron chi connectivity index (χ2n) is 9.62. The minimum absolute atomic E-state index is 0.0562. The van der Waals surface area contributed by atoms with Crippen molar-refractivity contribution in [2.45, 2.75) is 44.9 Å². The highest BCUT2D eigenvalue weighted by Crippen LogP contribution is 2.30. The fourth-order valence-electron chi connectivity index (χ4n) is 4.77. The summed E-state index contributed by atoms with van der Waals surface area (Å²) < 4.78 is 40.9. The molecule has 1 saturated heterocycles. The smallest absolute Gasteiger partial charge is 0.370 e. The van der Waals surface area contributed by atoms with Crippen molar-refractivity contribution < 1.29 is 18.0 Å². The predicted octanol–water partition coefficient (Wildman–Crippen LogP) is 3.87. The van der Waals surface area contributed by atoms with Gasteiger partial charge in [0.05, 0.1) is 5.56 Å². The van der Waals surface area contributed by atoms with E-state index in [1.165, 1.54) is 12.1 Å². The molecule has 37 heavy (non-hydrogen) atoms. The molecule has 1 fully saturated rings. The Labute approximate surface area is 214 Å². The van der Waals surface area contributed by atoms with Gasteiger partial charge in [0, 0.05) is 43.1 Å². The maximum Gasteiger partial charge on any atom is 0.416 e. The number of aliphatic imine (C=N–C) groups is 1. The average Bonchev–Trinajstić information content (AvgIpc) is 3.20. The zero-order valence-electron chi connectivity index (χ0n) is 20.9. The number of hydrogen-bond acceptors (Lipinski definition) is 3. The summed E-state index contributed by atoms with van der Waals surface area (Å²) in [6.45, 7) is 5.52. The summed E-state index contributed by atoms with van der Waals surface area (Å²) in [6.07, 6.45) is -1.83. The third kappa shape index (κ3) is 6.82. The summed E-state index contributed by atoms with van der Waals surface area (Å²) in [5, 5.41) is 4.09. The highest BCUT2D eigenvalue weighted by atomic mass is 19.4. The van der Waals surface area contributed by atoms with Crippen molar-refractivity contribution in [3.05, 3.63) is 70.9 Å². The lowest BCUT2D eigenvalue weighted by Gasteiger charge is -2.32. The third-order valence-corrected chi connectivity index (χ3v) is 6.76. The summed E-state index contributed by atoms with van der Waals surface area (Å²) in [5.74, 6) is -0.0701. The van der Waals surface area contributed by atoms with Crippen LogP contribution in [-0.2, 0) is 12.7 Å². The number of benzene rings is 2. The van der Waals surface area contributed by atoms with Crippen LogP contribution in [0, 0.1) is 6.92 Å². The van der Waals surface area contributed by atoms with E-state index in [1.807, 2.05) is 35.8 Å². The molecule has 0 radical (unpaired) electrons. The highest BCUT2D eigenvalue weighted by Gasteiger charge is 2.30. The average molecular weight is 515 g/mol. The zero-order valence-corrected chi connectivity index (χ0v) is 20.9. The predicted molar refractivity (Wildman–Crippen MR) is 139 cm³/mol. The topological polar surface area (TPSA) is 102 Å². The van der Waals surface area contributed by atoms with Gasteiger partial charge in [0.1, 0.15) is 5.69 Å². The number of carbonyl (C=O) groups excluding carboxylic acids is 1. The lowest BCUT2D eigenvalue weighted by atomic mass is 10.0. The molecule has 0 saturated carbocycles. The van der Waals surface area contributed by atoms with Crippen LogP contribution in [0.25, 0.3) is 10.9 Å². The van der Waals surface area contributed by atoms with Crippen LogP contribution in [0.15, 0.2) is 53.5 Å². The number of carbonyl (C=O) groups is 1. The molecule has 1 aliphatic rings. The normalized spacial score (nSPS) is 15.1. The van der Waals surface area contributed by atoms with Crippen LogP contribution in [0.4, 0.5) is 13.2 Å². The van der Waals surface area contributed by atoms with Crippen molar-refractivity contribution in [1.29, 1.82) is 0 Å². The van der Waals surface area contributed by atoms with Crippen molar-refractivity contribution in [3.8, 4) is 0 Å². The Morgan fingerprint density at radius 2 is 1.78 bits per heavy atom. The SMILES string of the molecule is Cc1ccc2cc(C(=O)NC3CCN(CCCN=C(N)N)CC3)n(Cc3ccc(C(F)(F)F)cc3)c2c1. The first-order valence-electron chi connectivity index (χ1n) is 12.4. The molecule has 198 valence electrons. The molecular formula is C27H33F3N6O. The van der Waals surface area contributed by atoms with Crippen molar-refractivity contribution in [2.24, 2.45) is 16.5 Å². The van der Waals surface area contributed by atoms with Gasteiger partial charge in [0.2, 0.25) is 0 Å². The van der Waals surface area contributed by atoms with Crippen molar-refractivity contribution >= 4 is 22.8 Å². The summed E-state index contributed by atoms with van der Waals surface area (Å²) in [6, 6.07) is 12.9. The zero-order chi connectivity index (χ0) is 26.6. The second kappa shape index (κ2) is 11.2.